The van der Waals surface area contributed by atoms with Crippen molar-refractivity contribution in [2.75, 3.05) is 5.32 Å². The fourth-order valence-corrected chi connectivity index (χ4v) is 1.46. The number of anilines is 1. The molecule has 0 unspecified atom stereocenters. The standard InChI is InChI=1S/C11H15N3O3/c1-3-8(4-2)11(15)13-10-6-5-9(7-12-10)14(16)17/h5-8H,3-4H2,1-2H3,(H,12,13,15). The van der Waals surface area contributed by atoms with Crippen molar-refractivity contribution in [1.29, 1.82) is 0 Å². The van der Waals surface area contributed by atoms with Crippen molar-refractivity contribution >= 4 is 17.4 Å². The van der Waals surface area contributed by atoms with Crippen molar-refractivity contribution in [2.24, 2.45) is 5.92 Å². The van der Waals surface area contributed by atoms with Gasteiger partial charge in [0.15, 0.2) is 0 Å². The van der Waals surface area contributed by atoms with Gasteiger partial charge in [0.2, 0.25) is 5.91 Å². The number of hydrogen-bond acceptors (Lipinski definition) is 4. The molecule has 0 fully saturated rings. The third-order valence-electron chi connectivity index (χ3n) is 2.57. The van der Waals surface area contributed by atoms with E-state index >= 15 is 0 Å². The lowest BCUT2D eigenvalue weighted by Gasteiger charge is -2.11. The van der Waals surface area contributed by atoms with Gasteiger partial charge in [0.1, 0.15) is 12.0 Å². The highest BCUT2D eigenvalue weighted by atomic mass is 16.6. The quantitative estimate of drug-likeness (QED) is 0.629. The molecular formula is C11H15N3O3. The molecule has 0 aliphatic carbocycles. The van der Waals surface area contributed by atoms with Crippen LogP contribution < -0.4 is 5.32 Å². The molecule has 1 N–H and O–H groups in total. The van der Waals surface area contributed by atoms with Crippen LogP contribution in [0.15, 0.2) is 18.3 Å². The molecule has 0 saturated heterocycles. The zero-order valence-corrected chi connectivity index (χ0v) is 9.84. The van der Waals surface area contributed by atoms with Crippen molar-refractivity contribution in [3.8, 4) is 0 Å². The molecule has 1 amide bonds. The van der Waals surface area contributed by atoms with Gasteiger partial charge in [-0.1, -0.05) is 13.8 Å². The van der Waals surface area contributed by atoms with Crippen molar-refractivity contribution in [3.05, 3.63) is 28.4 Å². The van der Waals surface area contributed by atoms with Crippen LogP contribution >= 0.6 is 0 Å². The van der Waals surface area contributed by atoms with Gasteiger partial charge in [-0.15, -0.1) is 0 Å². The van der Waals surface area contributed by atoms with Gasteiger partial charge in [0.25, 0.3) is 5.69 Å². The van der Waals surface area contributed by atoms with Crippen LogP contribution in [0.1, 0.15) is 26.7 Å². The fraction of sp³-hybridized carbons (Fsp3) is 0.455. The topological polar surface area (TPSA) is 85.1 Å². The number of carbonyl (C=O) groups excluding carboxylic acids is 1. The minimum absolute atomic E-state index is 0.0491. The second kappa shape index (κ2) is 5.93. The summed E-state index contributed by atoms with van der Waals surface area (Å²) in [5.41, 5.74) is -0.0921. The third kappa shape index (κ3) is 3.51. The van der Waals surface area contributed by atoms with E-state index in [0.29, 0.717) is 5.82 Å². The summed E-state index contributed by atoms with van der Waals surface area (Å²) in [5, 5.41) is 13.1. The molecule has 1 heterocycles. The van der Waals surface area contributed by atoms with E-state index in [9.17, 15) is 14.9 Å². The molecule has 1 aromatic rings. The molecule has 6 nitrogen and oxygen atoms in total. The summed E-state index contributed by atoms with van der Waals surface area (Å²) < 4.78 is 0. The number of nitrogens with zero attached hydrogens (tertiary/aromatic N) is 2. The molecular weight excluding hydrogens is 222 g/mol. The maximum Gasteiger partial charge on any atom is 0.287 e. The molecule has 0 aromatic carbocycles. The molecule has 0 saturated carbocycles. The Balaban J connectivity index is 2.69. The first-order chi connectivity index (χ1) is 8.08. The third-order valence-corrected chi connectivity index (χ3v) is 2.57. The number of carbonyl (C=O) groups is 1. The molecule has 17 heavy (non-hydrogen) atoms. The lowest BCUT2D eigenvalue weighted by atomic mass is 10.0. The van der Waals surface area contributed by atoms with Gasteiger partial charge in [-0.3, -0.25) is 14.9 Å². The average Bonchev–Trinajstić information content (AvgIpc) is 2.31. The lowest BCUT2D eigenvalue weighted by molar-refractivity contribution is -0.385. The number of nitro groups is 1. The molecule has 1 rings (SSSR count). The number of nitrogens with one attached hydrogen (secondary N) is 1. The Kier molecular flexibility index (Phi) is 4.56. The minimum atomic E-state index is -0.528. The SMILES string of the molecule is CCC(CC)C(=O)Nc1ccc([N+](=O)[O-])cn1. The van der Waals surface area contributed by atoms with E-state index in [1.54, 1.807) is 0 Å². The van der Waals surface area contributed by atoms with E-state index in [0.717, 1.165) is 19.0 Å². The van der Waals surface area contributed by atoms with E-state index < -0.39 is 4.92 Å². The number of hydrogen-bond donors (Lipinski definition) is 1. The largest absolute Gasteiger partial charge is 0.310 e. The molecule has 92 valence electrons. The summed E-state index contributed by atoms with van der Waals surface area (Å²) >= 11 is 0. The van der Waals surface area contributed by atoms with Crippen LogP contribution in [0.25, 0.3) is 0 Å². The Morgan fingerprint density at radius 2 is 2.12 bits per heavy atom. The van der Waals surface area contributed by atoms with Gasteiger partial charge in [0.05, 0.1) is 4.92 Å². The van der Waals surface area contributed by atoms with Crippen LogP contribution in [-0.2, 0) is 4.79 Å². The van der Waals surface area contributed by atoms with Crippen LogP contribution in [0.2, 0.25) is 0 Å². The monoisotopic (exact) mass is 237 g/mol. The molecule has 1 aromatic heterocycles. The molecule has 0 aliphatic rings. The predicted octanol–water partition coefficient (Wildman–Crippen LogP) is 2.36. The zero-order valence-electron chi connectivity index (χ0n) is 9.84. The van der Waals surface area contributed by atoms with Crippen LogP contribution in [0.4, 0.5) is 11.5 Å². The van der Waals surface area contributed by atoms with Crippen molar-refractivity contribution < 1.29 is 9.72 Å². The van der Waals surface area contributed by atoms with Gasteiger partial charge in [-0.2, -0.15) is 0 Å². The number of aromatic nitrogens is 1. The smallest absolute Gasteiger partial charge is 0.287 e. The van der Waals surface area contributed by atoms with Gasteiger partial charge in [-0.25, -0.2) is 4.98 Å². The molecule has 0 aliphatic heterocycles. The fourth-order valence-electron chi connectivity index (χ4n) is 1.46. The Morgan fingerprint density at radius 1 is 1.47 bits per heavy atom. The van der Waals surface area contributed by atoms with Crippen LogP contribution in [0, 0.1) is 16.0 Å². The Labute approximate surface area is 99.2 Å². The predicted molar refractivity (Wildman–Crippen MR) is 63.6 cm³/mol. The molecule has 0 bridgehead atoms. The molecule has 0 atom stereocenters. The highest BCUT2D eigenvalue weighted by Crippen LogP contribution is 2.14. The summed E-state index contributed by atoms with van der Waals surface area (Å²) in [7, 11) is 0. The van der Waals surface area contributed by atoms with E-state index in [4.69, 9.17) is 0 Å². The van der Waals surface area contributed by atoms with E-state index in [1.165, 1.54) is 12.1 Å². The second-order valence-corrected chi connectivity index (χ2v) is 3.66. The van der Waals surface area contributed by atoms with Gasteiger partial charge in [0, 0.05) is 12.0 Å². The van der Waals surface area contributed by atoms with E-state index in [2.05, 4.69) is 10.3 Å². The Morgan fingerprint density at radius 3 is 2.53 bits per heavy atom. The first-order valence-electron chi connectivity index (χ1n) is 5.49. The summed E-state index contributed by atoms with van der Waals surface area (Å²) in [6.07, 6.45) is 2.65. The Bertz CT molecular complexity index is 399. The molecule has 0 spiro atoms. The van der Waals surface area contributed by atoms with Crippen molar-refractivity contribution in [1.82, 2.24) is 4.98 Å². The van der Waals surface area contributed by atoms with Gasteiger partial charge >= 0.3 is 0 Å². The highest BCUT2D eigenvalue weighted by molar-refractivity contribution is 5.91. The maximum absolute atomic E-state index is 11.7. The van der Waals surface area contributed by atoms with Crippen LogP contribution in [0.5, 0.6) is 0 Å². The summed E-state index contributed by atoms with van der Waals surface area (Å²) in [4.78, 5) is 25.4. The minimum Gasteiger partial charge on any atom is -0.310 e. The first-order valence-corrected chi connectivity index (χ1v) is 5.49. The summed E-state index contributed by atoms with van der Waals surface area (Å²) in [6, 6.07) is 2.74. The number of amides is 1. The highest BCUT2D eigenvalue weighted by Gasteiger charge is 2.15. The van der Waals surface area contributed by atoms with Crippen molar-refractivity contribution in [2.45, 2.75) is 26.7 Å². The zero-order chi connectivity index (χ0) is 12.8. The summed E-state index contributed by atoms with van der Waals surface area (Å²) in [5.74, 6) is 0.191. The first kappa shape index (κ1) is 13.1. The molecule has 6 heteroatoms. The Hall–Kier alpha value is -1.98. The van der Waals surface area contributed by atoms with E-state index in [-0.39, 0.29) is 17.5 Å². The number of pyridine rings is 1. The van der Waals surface area contributed by atoms with Crippen LogP contribution in [0.3, 0.4) is 0 Å². The van der Waals surface area contributed by atoms with Crippen molar-refractivity contribution in [3.63, 3.8) is 0 Å². The summed E-state index contributed by atoms with van der Waals surface area (Å²) in [6.45, 7) is 3.88. The van der Waals surface area contributed by atoms with E-state index in [1.807, 2.05) is 13.8 Å². The maximum atomic E-state index is 11.7. The second-order valence-electron chi connectivity index (χ2n) is 3.66. The van der Waals surface area contributed by atoms with Gasteiger partial charge < -0.3 is 5.32 Å². The molecule has 0 radical (unpaired) electrons. The van der Waals surface area contributed by atoms with Crippen LogP contribution in [-0.4, -0.2) is 15.8 Å². The number of rotatable bonds is 5. The average molecular weight is 237 g/mol. The lowest BCUT2D eigenvalue weighted by Crippen LogP contribution is -2.22. The van der Waals surface area contributed by atoms with Gasteiger partial charge in [-0.05, 0) is 18.9 Å². The normalized spacial score (nSPS) is 10.3.